The molecule has 1 aliphatic carbocycles. The van der Waals surface area contributed by atoms with Gasteiger partial charge in [-0.15, -0.1) is 11.3 Å². The molecular formula is C28H30ClFN6O5S. The van der Waals surface area contributed by atoms with Gasteiger partial charge >= 0.3 is 18.0 Å². The monoisotopic (exact) mass is 616 g/mol. The van der Waals surface area contributed by atoms with Crippen LogP contribution in [-0.2, 0) is 14.3 Å². The number of esters is 1. The third-order valence-corrected chi connectivity index (χ3v) is 9.41. The van der Waals surface area contributed by atoms with Gasteiger partial charge in [0.05, 0.1) is 28.7 Å². The van der Waals surface area contributed by atoms with Gasteiger partial charge in [-0.05, 0) is 25.8 Å². The lowest BCUT2D eigenvalue weighted by atomic mass is 9.95. The second-order valence-electron chi connectivity index (χ2n) is 10.9. The van der Waals surface area contributed by atoms with Crippen LogP contribution in [0.25, 0.3) is 0 Å². The molecule has 2 saturated heterocycles. The summed E-state index contributed by atoms with van der Waals surface area (Å²) >= 11 is 7.77. The number of carboxylic acids is 1. The maximum absolute atomic E-state index is 14.6. The standard InChI is InChI=1S/C28H30ClFN6O5S/c1-2-41-25(37)20-19(32-23(24-31-8-11-42-24)33-22(20)17-4-3-5-18(30)21(17)29)14-34-9-10-36-16(12-34)13-35(27(36)40)15-28(6-7-28)26(38)39/h3-5,8,11,16,22H,2,6-7,9-10,12-15H2,1H3,(H,32,33)(H,38,39)/t16-,22-/m0/s1. The van der Waals surface area contributed by atoms with Crippen molar-refractivity contribution in [3.05, 3.63) is 62.5 Å². The predicted molar refractivity (Wildman–Crippen MR) is 153 cm³/mol. The van der Waals surface area contributed by atoms with E-state index in [4.69, 9.17) is 21.3 Å². The molecule has 2 amide bonds. The maximum Gasteiger partial charge on any atom is 0.338 e. The summed E-state index contributed by atoms with van der Waals surface area (Å²) in [5.74, 6) is -1.63. The molecule has 42 heavy (non-hydrogen) atoms. The molecule has 0 unspecified atom stereocenters. The van der Waals surface area contributed by atoms with Gasteiger partial charge in [0.15, 0.2) is 10.8 Å². The van der Waals surface area contributed by atoms with E-state index in [1.165, 1.54) is 23.5 Å². The van der Waals surface area contributed by atoms with Gasteiger partial charge in [-0.1, -0.05) is 23.7 Å². The highest BCUT2D eigenvalue weighted by atomic mass is 35.5. The first-order valence-corrected chi connectivity index (χ1v) is 15.1. The van der Waals surface area contributed by atoms with E-state index in [0.717, 1.165) is 0 Å². The Balaban J connectivity index is 1.29. The quantitative estimate of drug-likeness (QED) is 0.412. The van der Waals surface area contributed by atoms with Crippen LogP contribution < -0.4 is 5.32 Å². The maximum atomic E-state index is 14.6. The Morgan fingerprint density at radius 3 is 2.79 bits per heavy atom. The number of hydrogen-bond donors (Lipinski definition) is 2. The van der Waals surface area contributed by atoms with Crippen LogP contribution in [0.5, 0.6) is 0 Å². The molecule has 11 nitrogen and oxygen atoms in total. The molecule has 6 rings (SSSR count). The topological polar surface area (TPSA) is 128 Å². The number of aliphatic imine (C=N–C) groups is 1. The van der Waals surface area contributed by atoms with Crippen molar-refractivity contribution in [1.82, 2.24) is 25.0 Å². The van der Waals surface area contributed by atoms with Crippen LogP contribution in [0.15, 0.2) is 46.0 Å². The lowest BCUT2D eigenvalue weighted by Crippen LogP contribution is -2.53. The number of urea groups is 1. The number of halogens is 2. The summed E-state index contributed by atoms with van der Waals surface area (Å²) in [4.78, 5) is 53.0. The molecule has 0 bridgehead atoms. The Labute approximate surface area is 250 Å². The highest BCUT2D eigenvalue weighted by molar-refractivity contribution is 7.11. The fourth-order valence-electron chi connectivity index (χ4n) is 5.87. The number of piperazine rings is 1. The van der Waals surface area contributed by atoms with Crippen LogP contribution in [0.1, 0.15) is 36.4 Å². The molecule has 1 saturated carbocycles. The van der Waals surface area contributed by atoms with E-state index in [1.807, 2.05) is 5.38 Å². The Morgan fingerprint density at radius 1 is 1.29 bits per heavy atom. The summed E-state index contributed by atoms with van der Waals surface area (Å²) in [6, 6.07) is 3.23. The van der Waals surface area contributed by atoms with Gasteiger partial charge in [0, 0.05) is 62.1 Å². The van der Waals surface area contributed by atoms with Gasteiger partial charge in [-0.25, -0.2) is 19.0 Å². The predicted octanol–water partition coefficient (Wildman–Crippen LogP) is 3.13. The van der Waals surface area contributed by atoms with Crippen molar-refractivity contribution < 1.29 is 28.6 Å². The summed E-state index contributed by atoms with van der Waals surface area (Å²) < 4.78 is 20.0. The molecule has 3 aliphatic heterocycles. The number of amides is 2. The Kier molecular flexibility index (Phi) is 7.66. The molecule has 222 valence electrons. The number of amidine groups is 1. The van der Waals surface area contributed by atoms with Crippen molar-refractivity contribution in [1.29, 1.82) is 0 Å². The molecule has 3 fully saturated rings. The zero-order valence-electron chi connectivity index (χ0n) is 22.9. The van der Waals surface area contributed by atoms with Crippen LogP contribution >= 0.6 is 22.9 Å². The molecular weight excluding hydrogens is 587 g/mol. The number of rotatable bonds is 9. The van der Waals surface area contributed by atoms with E-state index < -0.39 is 29.2 Å². The number of carboxylic acid groups (broad SMARTS) is 1. The van der Waals surface area contributed by atoms with Crippen molar-refractivity contribution in [3.8, 4) is 0 Å². The lowest BCUT2D eigenvalue weighted by molar-refractivity contribution is -0.143. The van der Waals surface area contributed by atoms with Crippen molar-refractivity contribution in [3.63, 3.8) is 0 Å². The Bertz CT molecular complexity index is 1480. The van der Waals surface area contributed by atoms with E-state index in [9.17, 15) is 23.9 Å². The number of carbonyl (C=O) groups excluding carboxylic acids is 2. The summed E-state index contributed by atoms with van der Waals surface area (Å²) in [5, 5.41) is 15.2. The molecule has 1 aromatic carbocycles. The zero-order chi connectivity index (χ0) is 29.6. The first-order chi connectivity index (χ1) is 20.2. The van der Waals surface area contributed by atoms with Crippen molar-refractivity contribution >= 4 is 46.7 Å². The molecule has 1 aromatic heterocycles. The highest BCUT2D eigenvalue weighted by Gasteiger charge is 2.54. The van der Waals surface area contributed by atoms with E-state index in [0.29, 0.717) is 67.7 Å². The lowest BCUT2D eigenvalue weighted by Gasteiger charge is -2.38. The number of fused-ring (bicyclic) bond motifs is 1. The van der Waals surface area contributed by atoms with Gasteiger partial charge in [-0.3, -0.25) is 14.7 Å². The minimum Gasteiger partial charge on any atom is -0.481 e. The Morgan fingerprint density at radius 2 is 2.10 bits per heavy atom. The van der Waals surface area contributed by atoms with Crippen LogP contribution in [-0.4, -0.2) is 101 Å². The summed E-state index contributed by atoms with van der Waals surface area (Å²) in [7, 11) is 0. The number of ether oxygens (including phenoxy) is 1. The van der Waals surface area contributed by atoms with Gasteiger partial charge in [0.2, 0.25) is 0 Å². The van der Waals surface area contributed by atoms with Gasteiger partial charge in [0.25, 0.3) is 0 Å². The number of aromatic nitrogens is 1. The molecule has 0 radical (unpaired) electrons. The minimum atomic E-state index is -0.932. The van der Waals surface area contributed by atoms with Crippen molar-refractivity contribution in [2.45, 2.75) is 31.8 Å². The highest BCUT2D eigenvalue weighted by Crippen LogP contribution is 2.47. The molecule has 4 heterocycles. The number of aliphatic carboxylic acids is 1. The number of hydrogen-bond acceptors (Lipinski definition) is 9. The normalized spacial score (nSPS) is 23.4. The number of nitrogens with one attached hydrogen (secondary N) is 1. The average molecular weight is 617 g/mol. The fraction of sp³-hybridized carbons (Fsp3) is 0.464. The third kappa shape index (κ3) is 5.25. The first kappa shape index (κ1) is 28.6. The van der Waals surface area contributed by atoms with Crippen molar-refractivity contribution in [2.24, 2.45) is 10.4 Å². The van der Waals surface area contributed by atoms with Crippen LogP contribution in [0, 0.1) is 11.2 Å². The largest absolute Gasteiger partial charge is 0.481 e. The summed E-state index contributed by atoms with van der Waals surface area (Å²) in [5.41, 5.74) is 0.278. The molecule has 14 heteroatoms. The zero-order valence-corrected chi connectivity index (χ0v) is 24.5. The molecule has 2 aromatic rings. The molecule has 4 aliphatic rings. The van der Waals surface area contributed by atoms with Gasteiger partial charge < -0.3 is 25.0 Å². The van der Waals surface area contributed by atoms with E-state index in [-0.39, 0.29) is 35.8 Å². The summed E-state index contributed by atoms with van der Waals surface area (Å²) in [6.07, 6.45) is 2.81. The third-order valence-electron chi connectivity index (χ3n) is 8.23. The van der Waals surface area contributed by atoms with E-state index in [2.05, 4.69) is 15.2 Å². The number of thiazole rings is 1. The van der Waals surface area contributed by atoms with Crippen molar-refractivity contribution in [2.75, 3.05) is 45.9 Å². The summed E-state index contributed by atoms with van der Waals surface area (Å²) in [6.45, 7) is 4.34. The number of carbonyl (C=O) groups is 3. The minimum absolute atomic E-state index is 0.119. The smallest absolute Gasteiger partial charge is 0.338 e. The first-order valence-electron chi connectivity index (χ1n) is 13.8. The molecule has 0 spiro atoms. The Hall–Kier alpha value is -3.55. The van der Waals surface area contributed by atoms with Gasteiger partial charge in [0.1, 0.15) is 11.9 Å². The molecule has 2 atom stereocenters. The van der Waals surface area contributed by atoms with Crippen LogP contribution in [0.2, 0.25) is 5.02 Å². The van der Waals surface area contributed by atoms with Gasteiger partial charge in [-0.2, -0.15) is 0 Å². The second-order valence-corrected chi connectivity index (χ2v) is 12.2. The molecule has 2 N–H and O–H groups in total. The second kappa shape index (κ2) is 11.3. The SMILES string of the molecule is CCOC(=O)C1=C(CN2CCN3C(=O)N(CC4(C(=O)O)CC4)C[C@@H]3C2)NC(c2nccs2)=N[C@H]1c1cccc(F)c1Cl. The average Bonchev–Trinajstić information content (AvgIpc) is 3.41. The van der Waals surface area contributed by atoms with Crippen LogP contribution in [0.3, 0.4) is 0 Å². The number of nitrogens with zero attached hydrogens (tertiary/aromatic N) is 5. The number of benzene rings is 1. The fourth-order valence-corrected chi connectivity index (χ4v) is 6.69. The van der Waals surface area contributed by atoms with E-state index in [1.54, 1.807) is 29.0 Å². The van der Waals surface area contributed by atoms with E-state index >= 15 is 0 Å². The van der Waals surface area contributed by atoms with Crippen LogP contribution in [0.4, 0.5) is 9.18 Å².